The van der Waals surface area contributed by atoms with Crippen LogP contribution in [0.15, 0.2) is 36.8 Å². The molecule has 11 nitrogen and oxygen atoms in total. The highest BCUT2D eigenvalue weighted by Gasteiger charge is 2.44. The van der Waals surface area contributed by atoms with E-state index >= 15 is 0 Å². The summed E-state index contributed by atoms with van der Waals surface area (Å²) < 4.78 is 87.5. The molecule has 0 unspecified atom stereocenters. The van der Waals surface area contributed by atoms with Crippen LogP contribution in [0.1, 0.15) is 33.5 Å². The van der Waals surface area contributed by atoms with Gasteiger partial charge in [0, 0.05) is 16.7 Å². The Labute approximate surface area is 225 Å². The van der Waals surface area contributed by atoms with Gasteiger partial charge in [-0.2, -0.15) is 26.3 Å². The van der Waals surface area contributed by atoms with Crippen molar-refractivity contribution in [3.63, 3.8) is 0 Å². The van der Waals surface area contributed by atoms with Gasteiger partial charge in [-0.25, -0.2) is 14.6 Å². The number of alkyl halides is 6. The topological polar surface area (TPSA) is 194 Å². The summed E-state index contributed by atoms with van der Waals surface area (Å²) in [5.41, 5.74) is 9.01. The van der Waals surface area contributed by atoms with Crippen LogP contribution < -0.4 is 20.9 Å². The number of hydrogen-bond acceptors (Lipinski definition) is 8. The zero-order chi connectivity index (χ0) is 30.7. The van der Waals surface area contributed by atoms with Crippen LogP contribution in [0.4, 0.5) is 26.3 Å². The number of H-pyrrole nitrogens is 1. The zero-order valence-electron chi connectivity index (χ0n) is 20.4. The van der Waals surface area contributed by atoms with E-state index < -0.39 is 64.8 Å². The third kappa shape index (κ3) is 7.11. The fourth-order valence-electron chi connectivity index (χ4n) is 3.70. The number of phenols is 1. The number of aromatic amines is 1. The molecule has 2 aromatic carbocycles. The van der Waals surface area contributed by atoms with Gasteiger partial charge >= 0.3 is 24.3 Å². The van der Waals surface area contributed by atoms with Crippen LogP contribution in [-0.2, 0) is 22.4 Å². The van der Waals surface area contributed by atoms with Gasteiger partial charge in [0.15, 0.2) is 0 Å². The minimum absolute atomic E-state index is 0.0258. The Hall–Kier alpha value is -5.09. The molecule has 0 bridgehead atoms. The molecule has 0 aliphatic carbocycles. The Morgan fingerprint density at radius 1 is 0.976 bits per heavy atom. The molecule has 7 N–H and O–H groups in total. The molecule has 0 aliphatic heterocycles. The van der Waals surface area contributed by atoms with Gasteiger partial charge in [-0.15, -0.1) is 0 Å². The van der Waals surface area contributed by atoms with Crippen molar-refractivity contribution in [3.8, 4) is 28.5 Å². The Balaban J connectivity index is 2.20. The van der Waals surface area contributed by atoms with Gasteiger partial charge in [0.2, 0.25) is 5.91 Å². The van der Waals surface area contributed by atoms with E-state index in [4.69, 9.17) is 16.9 Å². The summed E-state index contributed by atoms with van der Waals surface area (Å²) in [6, 6.07) is 4.57. The highest BCUT2D eigenvalue weighted by Crippen LogP contribution is 2.44. The lowest BCUT2D eigenvalue weighted by atomic mass is 9.93. The number of ether oxygens (including phenoxy) is 2. The number of carbonyl (C=O) groups excluding carboxylic acids is 3. The fraction of sp³-hybridized carbons (Fsp3) is 0.208. The number of nitrogens with two attached hydrogens (primary N) is 2. The molecule has 1 amide bonds. The van der Waals surface area contributed by atoms with Crippen molar-refractivity contribution in [2.24, 2.45) is 11.5 Å². The van der Waals surface area contributed by atoms with E-state index in [2.05, 4.69) is 19.4 Å². The second kappa shape index (κ2) is 11.6. The number of hydrogen-bond donors (Lipinski definition) is 5. The molecular weight excluding hydrogens is 568 g/mol. The number of carbonyl (C=O) groups is 3. The number of amides is 1. The molecule has 1 aromatic heterocycles. The summed E-state index contributed by atoms with van der Waals surface area (Å²) in [6.45, 7) is 0. The molecule has 0 saturated carbocycles. The van der Waals surface area contributed by atoms with Crippen LogP contribution in [0, 0.1) is 5.41 Å². The van der Waals surface area contributed by atoms with Crippen LogP contribution in [-0.4, -0.2) is 51.1 Å². The number of imidazole rings is 1. The molecule has 3 aromatic rings. The van der Waals surface area contributed by atoms with Crippen LogP contribution in [0.3, 0.4) is 0 Å². The van der Waals surface area contributed by atoms with E-state index in [1.165, 1.54) is 18.2 Å². The molecule has 0 saturated heterocycles. The van der Waals surface area contributed by atoms with Crippen molar-refractivity contribution in [1.29, 1.82) is 5.41 Å². The van der Waals surface area contributed by atoms with Crippen LogP contribution in [0.5, 0.6) is 17.2 Å². The van der Waals surface area contributed by atoms with E-state index in [0.717, 1.165) is 12.5 Å². The van der Waals surface area contributed by atoms with Gasteiger partial charge in [-0.3, -0.25) is 10.2 Å². The second-order valence-electron chi connectivity index (χ2n) is 8.32. The molecule has 41 heavy (non-hydrogen) atoms. The highest BCUT2D eigenvalue weighted by molar-refractivity contribution is 5.99. The van der Waals surface area contributed by atoms with Crippen molar-refractivity contribution in [2.75, 3.05) is 0 Å². The molecule has 218 valence electrons. The van der Waals surface area contributed by atoms with Gasteiger partial charge in [-0.1, -0.05) is 0 Å². The van der Waals surface area contributed by atoms with Crippen molar-refractivity contribution in [2.45, 2.75) is 31.6 Å². The lowest BCUT2D eigenvalue weighted by Crippen LogP contribution is -2.30. The van der Waals surface area contributed by atoms with Crippen molar-refractivity contribution in [1.82, 2.24) is 9.97 Å². The summed E-state index contributed by atoms with van der Waals surface area (Å²) in [7, 11) is 0. The average molecular weight is 587 g/mol. The fourth-order valence-corrected chi connectivity index (χ4v) is 3.70. The quantitative estimate of drug-likeness (QED) is 0.0827. The van der Waals surface area contributed by atoms with E-state index in [-0.39, 0.29) is 41.2 Å². The number of aryl methyl sites for hydroxylation is 1. The number of nitrogens with one attached hydrogen (secondary N) is 2. The predicted octanol–water partition coefficient (Wildman–Crippen LogP) is 3.28. The van der Waals surface area contributed by atoms with E-state index in [0.29, 0.717) is 6.07 Å². The predicted molar refractivity (Wildman–Crippen MR) is 127 cm³/mol. The number of primary amides is 1. The summed E-state index contributed by atoms with van der Waals surface area (Å²) in [4.78, 5) is 41.8. The SMILES string of the molecule is N=C(N)c1ccc(O)c(CCCc2c(C(N)=O)cc(OC(=O)C(F)(F)F)c(-c3cnc[nH]3)c2OC(=O)C(F)(F)F)c1. The summed E-state index contributed by atoms with van der Waals surface area (Å²) >= 11 is 0. The highest BCUT2D eigenvalue weighted by atomic mass is 19.4. The van der Waals surface area contributed by atoms with E-state index in [1.807, 2.05) is 0 Å². The van der Waals surface area contributed by atoms with Crippen molar-refractivity contribution >= 4 is 23.7 Å². The number of amidine groups is 1. The third-order valence-corrected chi connectivity index (χ3v) is 5.50. The maximum Gasteiger partial charge on any atom is 0.491 e. The number of nitrogen functional groups attached to an aromatic ring is 1. The Morgan fingerprint density at radius 2 is 1.61 bits per heavy atom. The number of aromatic nitrogens is 2. The smallest absolute Gasteiger partial charge is 0.491 e. The Bertz CT molecular complexity index is 1500. The van der Waals surface area contributed by atoms with Gasteiger partial charge in [0.1, 0.15) is 23.1 Å². The van der Waals surface area contributed by atoms with E-state index in [1.54, 1.807) is 0 Å². The molecular formula is C24H19F6N5O6. The van der Waals surface area contributed by atoms with Gasteiger partial charge in [0.25, 0.3) is 0 Å². The lowest BCUT2D eigenvalue weighted by Gasteiger charge is -2.21. The number of phenolic OH excluding ortho intramolecular Hbond substituents is 1. The Morgan fingerprint density at radius 3 is 2.15 bits per heavy atom. The minimum atomic E-state index is -5.59. The first-order valence-electron chi connectivity index (χ1n) is 11.2. The van der Waals surface area contributed by atoms with E-state index in [9.17, 15) is 45.8 Å². The molecule has 0 aliphatic rings. The van der Waals surface area contributed by atoms with Crippen LogP contribution in [0.25, 0.3) is 11.3 Å². The van der Waals surface area contributed by atoms with Crippen molar-refractivity contribution < 1.29 is 55.3 Å². The van der Waals surface area contributed by atoms with Crippen molar-refractivity contribution in [3.05, 3.63) is 59.0 Å². The normalized spacial score (nSPS) is 11.7. The van der Waals surface area contributed by atoms with Crippen LogP contribution in [0.2, 0.25) is 0 Å². The molecule has 0 fully saturated rings. The maximum atomic E-state index is 13.2. The second-order valence-corrected chi connectivity index (χ2v) is 8.32. The number of halogens is 6. The minimum Gasteiger partial charge on any atom is -0.508 e. The molecule has 3 rings (SSSR count). The third-order valence-electron chi connectivity index (χ3n) is 5.50. The van der Waals surface area contributed by atoms with Crippen LogP contribution >= 0.6 is 0 Å². The van der Waals surface area contributed by atoms with Gasteiger partial charge in [-0.05, 0) is 49.1 Å². The summed E-state index contributed by atoms with van der Waals surface area (Å²) in [6.07, 6.45) is -9.74. The average Bonchev–Trinajstić information content (AvgIpc) is 3.39. The summed E-state index contributed by atoms with van der Waals surface area (Å²) in [5.74, 6) is -9.69. The first kappa shape index (κ1) is 30.5. The largest absolute Gasteiger partial charge is 0.508 e. The monoisotopic (exact) mass is 587 g/mol. The zero-order valence-corrected chi connectivity index (χ0v) is 20.4. The number of esters is 2. The first-order valence-corrected chi connectivity index (χ1v) is 11.2. The first-order chi connectivity index (χ1) is 19.0. The molecule has 0 atom stereocenters. The number of nitrogens with zero attached hydrogens (tertiary/aromatic N) is 1. The number of rotatable bonds is 9. The summed E-state index contributed by atoms with van der Waals surface area (Å²) in [5, 5.41) is 17.7. The Kier molecular flexibility index (Phi) is 8.59. The molecule has 1 heterocycles. The molecule has 17 heteroatoms. The number of aromatic hydroxyl groups is 1. The van der Waals surface area contributed by atoms with Gasteiger partial charge in [0.05, 0.1) is 23.8 Å². The standard InChI is InChI=1S/C24H19F6N5O6/c25-23(26,27)21(38)40-16-7-13(20(33)37)12(3-1-2-10-6-11(19(31)32)4-5-15(10)36)18(41-22(39)24(28,29)30)17(16)14-8-34-9-35-14/h4-9,36H,1-3H2,(H3,31,32)(H2,33,37)(H,34,35). The molecule has 0 radical (unpaired) electrons. The number of benzene rings is 2. The lowest BCUT2D eigenvalue weighted by molar-refractivity contribution is -0.190. The maximum absolute atomic E-state index is 13.2. The molecule has 0 spiro atoms. The van der Waals surface area contributed by atoms with Gasteiger partial charge < -0.3 is 31.0 Å².